The topological polar surface area (TPSA) is 58.1 Å². The molecule has 0 radical (unpaired) electrons. The average molecular weight is 510 g/mol. The minimum Gasteiger partial charge on any atom is -0.495 e. The summed E-state index contributed by atoms with van der Waals surface area (Å²) in [6.07, 6.45) is 1.03. The molecule has 2 aromatic carbocycles. The van der Waals surface area contributed by atoms with E-state index in [4.69, 9.17) is 9.47 Å². The molecule has 0 aromatic heterocycles. The van der Waals surface area contributed by atoms with E-state index in [1.807, 2.05) is 36.4 Å². The van der Waals surface area contributed by atoms with Crippen LogP contribution < -0.4 is 20.3 Å². The highest BCUT2D eigenvalue weighted by molar-refractivity contribution is 14.0. The van der Waals surface area contributed by atoms with Crippen LogP contribution in [0.2, 0.25) is 0 Å². The molecule has 0 saturated carbocycles. The highest BCUT2D eigenvalue weighted by atomic mass is 127. The van der Waals surface area contributed by atoms with Gasteiger partial charge in [-0.1, -0.05) is 42.5 Å². The van der Waals surface area contributed by atoms with Crippen molar-refractivity contribution in [2.24, 2.45) is 4.99 Å². The number of halogens is 1. The first kappa shape index (κ1) is 23.3. The summed E-state index contributed by atoms with van der Waals surface area (Å²) < 4.78 is 11.1. The molecular weight excluding hydrogens is 479 g/mol. The van der Waals surface area contributed by atoms with E-state index in [0.717, 1.165) is 42.5 Å². The predicted molar refractivity (Wildman–Crippen MR) is 130 cm³/mol. The Morgan fingerprint density at radius 2 is 1.86 bits per heavy atom. The molecule has 1 aliphatic rings. The Morgan fingerprint density at radius 1 is 1.14 bits per heavy atom. The van der Waals surface area contributed by atoms with Gasteiger partial charge in [-0.2, -0.15) is 0 Å². The molecule has 1 heterocycles. The number of para-hydroxylation sites is 2. The van der Waals surface area contributed by atoms with Gasteiger partial charge < -0.3 is 25.0 Å². The summed E-state index contributed by atoms with van der Waals surface area (Å²) in [5, 5.41) is 6.93. The third kappa shape index (κ3) is 6.24. The van der Waals surface area contributed by atoms with Crippen molar-refractivity contribution in [1.29, 1.82) is 0 Å². The number of nitrogens with one attached hydrogen (secondary N) is 2. The Morgan fingerprint density at radius 3 is 2.55 bits per heavy atom. The summed E-state index contributed by atoms with van der Waals surface area (Å²) in [7, 11) is 5.25. The number of methoxy groups -OCH3 is 2. The zero-order chi connectivity index (χ0) is 19.8. The molecule has 2 atom stereocenters. The van der Waals surface area contributed by atoms with Crippen LogP contribution in [-0.2, 0) is 4.74 Å². The summed E-state index contributed by atoms with van der Waals surface area (Å²) >= 11 is 0. The van der Waals surface area contributed by atoms with Crippen LogP contribution in [0.25, 0.3) is 0 Å². The first-order valence-corrected chi connectivity index (χ1v) is 9.68. The van der Waals surface area contributed by atoms with Gasteiger partial charge in [0, 0.05) is 39.8 Å². The van der Waals surface area contributed by atoms with Gasteiger partial charge in [-0.15, -0.1) is 24.0 Å². The molecule has 0 bridgehead atoms. The number of hydrogen-bond acceptors (Lipinski definition) is 4. The second-order valence-electron chi connectivity index (χ2n) is 6.84. The summed E-state index contributed by atoms with van der Waals surface area (Å²) in [5.74, 6) is 1.71. The normalized spacial score (nSPS) is 17.4. The van der Waals surface area contributed by atoms with Crippen LogP contribution in [0, 0.1) is 0 Å². The van der Waals surface area contributed by atoms with Gasteiger partial charge in [0.1, 0.15) is 5.75 Å². The van der Waals surface area contributed by atoms with E-state index in [0.29, 0.717) is 12.6 Å². The van der Waals surface area contributed by atoms with Gasteiger partial charge in [0.15, 0.2) is 5.96 Å². The molecular formula is C22H31IN4O2. The van der Waals surface area contributed by atoms with E-state index in [2.05, 4.69) is 38.7 Å². The van der Waals surface area contributed by atoms with Gasteiger partial charge in [-0.3, -0.25) is 4.99 Å². The van der Waals surface area contributed by atoms with Crippen molar-refractivity contribution in [1.82, 2.24) is 10.6 Å². The van der Waals surface area contributed by atoms with E-state index in [9.17, 15) is 0 Å². The number of benzene rings is 2. The Hall–Kier alpha value is -2.00. The first-order valence-electron chi connectivity index (χ1n) is 9.68. The van der Waals surface area contributed by atoms with Gasteiger partial charge >= 0.3 is 0 Å². The zero-order valence-electron chi connectivity index (χ0n) is 17.3. The van der Waals surface area contributed by atoms with Gasteiger partial charge in [0.2, 0.25) is 0 Å². The van der Waals surface area contributed by atoms with Crippen molar-refractivity contribution in [2.75, 3.05) is 45.8 Å². The quantitative estimate of drug-likeness (QED) is 0.340. The molecule has 158 valence electrons. The van der Waals surface area contributed by atoms with E-state index in [1.54, 1.807) is 21.3 Å². The van der Waals surface area contributed by atoms with Gasteiger partial charge in [-0.05, 0) is 24.1 Å². The van der Waals surface area contributed by atoms with Crippen LogP contribution in [0.5, 0.6) is 5.75 Å². The summed E-state index contributed by atoms with van der Waals surface area (Å²) in [6.45, 7) is 2.55. The molecule has 0 spiro atoms. The van der Waals surface area contributed by atoms with Gasteiger partial charge in [-0.25, -0.2) is 0 Å². The van der Waals surface area contributed by atoms with E-state index >= 15 is 0 Å². The van der Waals surface area contributed by atoms with Crippen molar-refractivity contribution < 1.29 is 9.47 Å². The summed E-state index contributed by atoms with van der Waals surface area (Å²) in [6, 6.07) is 18.7. The van der Waals surface area contributed by atoms with Crippen LogP contribution in [-0.4, -0.2) is 52.9 Å². The predicted octanol–water partition coefficient (Wildman–Crippen LogP) is 3.44. The average Bonchev–Trinajstić information content (AvgIpc) is 3.22. The first-order chi connectivity index (χ1) is 13.7. The molecule has 29 heavy (non-hydrogen) atoms. The molecule has 3 rings (SSSR count). The Kier molecular flexibility index (Phi) is 9.53. The molecule has 6 nitrogen and oxygen atoms in total. The maximum absolute atomic E-state index is 5.63. The van der Waals surface area contributed by atoms with Crippen LogP contribution >= 0.6 is 24.0 Å². The SMILES string of the molecule is CN=C(NCC(OC)c1ccccc1)NC1CCN(c2ccccc2OC)C1.I. The fraction of sp³-hybridized carbons (Fsp3) is 0.409. The lowest BCUT2D eigenvalue weighted by Crippen LogP contribution is -2.45. The number of guanidine groups is 1. The maximum Gasteiger partial charge on any atom is 0.191 e. The number of nitrogens with zero attached hydrogens (tertiary/aromatic N) is 2. The molecule has 1 aliphatic heterocycles. The molecule has 7 heteroatoms. The lowest BCUT2D eigenvalue weighted by atomic mass is 10.1. The standard InChI is InChI=1S/C22H30N4O2.HI/c1-23-22(24-15-21(28-3)17-9-5-4-6-10-17)25-18-13-14-26(16-18)19-11-7-8-12-20(19)27-2;/h4-12,18,21H,13-16H2,1-3H3,(H2,23,24,25);1H. The molecule has 0 amide bonds. The fourth-order valence-corrected chi connectivity index (χ4v) is 3.57. The zero-order valence-corrected chi connectivity index (χ0v) is 19.6. The smallest absolute Gasteiger partial charge is 0.191 e. The van der Waals surface area contributed by atoms with Crippen LogP contribution in [0.3, 0.4) is 0 Å². The molecule has 0 aliphatic carbocycles. The summed E-state index contributed by atoms with van der Waals surface area (Å²) in [4.78, 5) is 6.73. The number of rotatable bonds is 7. The van der Waals surface area contributed by atoms with Crippen LogP contribution in [0.15, 0.2) is 59.6 Å². The second kappa shape index (κ2) is 11.9. The molecule has 2 aromatic rings. The lowest BCUT2D eigenvalue weighted by molar-refractivity contribution is 0.106. The Balaban J connectivity index is 0.00000300. The van der Waals surface area contributed by atoms with Gasteiger partial charge in [0.25, 0.3) is 0 Å². The highest BCUT2D eigenvalue weighted by Gasteiger charge is 2.25. The van der Waals surface area contributed by atoms with Crippen molar-refractivity contribution in [3.8, 4) is 5.75 Å². The molecule has 1 fully saturated rings. The maximum atomic E-state index is 5.63. The van der Waals surface area contributed by atoms with Gasteiger partial charge in [0.05, 0.1) is 18.9 Å². The van der Waals surface area contributed by atoms with Crippen molar-refractivity contribution in [2.45, 2.75) is 18.6 Å². The van der Waals surface area contributed by atoms with Crippen molar-refractivity contribution in [3.05, 3.63) is 60.2 Å². The third-order valence-electron chi connectivity index (χ3n) is 5.09. The minimum absolute atomic E-state index is 0. The number of anilines is 1. The Labute approximate surface area is 190 Å². The monoisotopic (exact) mass is 510 g/mol. The molecule has 2 unspecified atom stereocenters. The lowest BCUT2D eigenvalue weighted by Gasteiger charge is -2.23. The number of hydrogen-bond donors (Lipinski definition) is 2. The van der Waals surface area contributed by atoms with Crippen molar-refractivity contribution in [3.63, 3.8) is 0 Å². The number of aliphatic imine (C=N–C) groups is 1. The van der Waals surface area contributed by atoms with E-state index < -0.39 is 0 Å². The minimum atomic E-state index is -0.0200. The van der Waals surface area contributed by atoms with E-state index in [1.165, 1.54) is 0 Å². The highest BCUT2D eigenvalue weighted by Crippen LogP contribution is 2.30. The third-order valence-corrected chi connectivity index (χ3v) is 5.09. The largest absolute Gasteiger partial charge is 0.495 e. The van der Waals surface area contributed by atoms with Crippen LogP contribution in [0.1, 0.15) is 18.1 Å². The number of ether oxygens (including phenoxy) is 2. The summed E-state index contributed by atoms with van der Waals surface area (Å²) in [5.41, 5.74) is 2.29. The molecule has 1 saturated heterocycles. The van der Waals surface area contributed by atoms with E-state index in [-0.39, 0.29) is 30.1 Å². The van der Waals surface area contributed by atoms with Crippen molar-refractivity contribution >= 4 is 35.6 Å². The van der Waals surface area contributed by atoms with Crippen LogP contribution in [0.4, 0.5) is 5.69 Å². The molecule has 2 N–H and O–H groups in total. The fourth-order valence-electron chi connectivity index (χ4n) is 3.57. The second-order valence-corrected chi connectivity index (χ2v) is 6.84. The Bertz CT molecular complexity index is 772.